The second-order valence-corrected chi connectivity index (χ2v) is 7.12. The third-order valence-electron chi connectivity index (χ3n) is 4.02. The number of thioether (sulfide) groups is 1. The fraction of sp³-hybridized carbons (Fsp3) is 0.412. The van der Waals surface area contributed by atoms with Gasteiger partial charge in [0.05, 0.1) is 24.2 Å². The van der Waals surface area contributed by atoms with Gasteiger partial charge < -0.3 is 9.64 Å². The molecule has 0 bridgehead atoms. The Bertz CT molecular complexity index is 734. The number of halogens is 1. The Labute approximate surface area is 151 Å². The van der Waals surface area contributed by atoms with E-state index < -0.39 is 0 Å². The van der Waals surface area contributed by atoms with Crippen molar-refractivity contribution in [2.45, 2.75) is 25.1 Å². The highest BCUT2D eigenvalue weighted by Crippen LogP contribution is 2.26. The molecule has 24 heavy (non-hydrogen) atoms. The van der Waals surface area contributed by atoms with Gasteiger partial charge in [0.2, 0.25) is 5.91 Å². The van der Waals surface area contributed by atoms with Gasteiger partial charge in [-0.25, -0.2) is 4.98 Å². The lowest BCUT2D eigenvalue weighted by atomic mass is 10.2. The molecule has 0 radical (unpaired) electrons. The molecule has 0 N–H and O–H groups in total. The molecule has 3 rings (SSSR count). The Morgan fingerprint density at radius 3 is 3.12 bits per heavy atom. The quantitative estimate of drug-likeness (QED) is 0.781. The number of ether oxygens (including phenoxy) is 1. The van der Waals surface area contributed by atoms with E-state index in [1.807, 2.05) is 47.7 Å². The summed E-state index contributed by atoms with van der Waals surface area (Å²) in [5, 5.41) is 1.51. The van der Waals surface area contributed by atoms with Gasteiger partial charge in [-0.3, -0.25) is 9.36 Å². The van der Waals surface area contributed by atoms with Crippen LogP contribution in [0, 0.1) is 6.92 Å². The average molecular weight is 366 g/mol. The van der Waals surface area contributed by atoms with Crippen molar-refractivity contribution in [3.05, 3.63) is 41.2 Å². The molecule has 7 heteroatoms. The predicted octanol–water partition coefficient (Wildman–Crippen LogP) is 3.17. The summed E-state index contributed by atoms with van der Waals surface area (Å²) < 4.78 is 7.45. The molecule has 1 aromatic carbocycles. The van der Waals surface area contributed by atoms with Crippen LogP contribution >= 0.6 is 23.4 Å². The van der Waals surface area contributed by atoms with Gasteiger partial charge in [-0.2, -0.15) is 0 Å². The van der Waals surface area contributed by atoms with Gasteiger partial charge in [-0.15, -0.1) is 0 Å². The number of morpholine rings is 1. The van der Waals surface area contributed by atoms with Crippen LogP contribution in [0.25, 0.3) is 5.69 Å². The number of amides is 1. The molecule has 2 aromatic rings. The van der Waals surface area contributed by atoms with Crippen LogP contribution in [0.3, 0.4) is 0 Å². The van der Waals surface area contributed by atoms with Crippen molar-refractivity contribution >= 4 is 29.3 Å². The summed E-state index contributed by atoms with van der Waals surface area (Å²) in [7, 11) is 0. The zero-order chi connectivity index (χ0) is 17.1. The number of rotatable bonds is 4. The van der Waals surface area contributed by atoms with Crippen LogP contribution in [-0.4, -0.2) is 51.9 Å². The number of hydrogen-bond donors (Lipinski definition) is 0. The molecule has 0 spiro atoms. The van der Waals surface area contributed by atoms with Crippen molar-refractivity contribution < 1.29 is 9.53 Å². The monoisotopic (exact) mass is 365 g/mol. The van der Waals surface area contributed by atoms with Crippen molar-refractivity contribution in [1.82, 2.24) is 14.5 Å². The smallest absolute Gasteiger partial charge is 0.233 e. The van der Waals surface area contributed by atoms with Gasteiger partial charge >= 0.3 is 0 Å². The lowest BCUT2D eigenvalue weighted by Gasteiger charge is -2.31. The lowest BCUT2D eigenvalue weighted by molar-refractivity contribution is -0.135. The zero-order valence-electron chi connectivity index (χ0n) is 13.7. The third kappa shape index (κ3) is 3.77. The first-order valence-electron chi connectivity index (χ1n) is 7.87. The molecule has 5 nitrogen and oxygen atoms in total. The van der Waals surface area contributed by atoms with Crippen molar-refractivity contribution in [1.29, 1.82) is 0 Å². The molecule has 1 aromatic heterocycles. The Morgan fingerprint density at radius 2 is 2.33 bits per heavy atom. The summed E-state index contributed by atoms with van der Waals surface area (Å²) in [5.41, 5.74) is 1.97. The SMILES string of the molecule is Cc1c(Cl)cccc1-n1ccnc1SCC(=O)N1CCOC(C)C1. The Balaban J connectivity index is 1.70. The van der Waals surface area contributed by atoms with Crippen molar-refractivity contribution in [2.24, 2.45) is 0 Å². The Morgan fingerprint density at radius 1 is 1.50 bits per heavy atom. The largest absolute Gasteiger partial charge is 0.375 e. The molecule has 0 aliphatic carbocycles. The van der Waals surface area contributed by atoms with Crippen LogP contribution in [0.5, 0.6) is 0 Å². The van der Waals surface area contributed by atoms with E-state index in [1.165, 1.54) is 11.8 Å². The summed E-state index contributed by atoms with van der Waals surface area (Å²) >= 11 is 7.66. The first kappa shape index (κ1) is 17.3. The number of carbonyl (C=O) groups excluding carboxylic acids is 1. The van der Waals surface area contributed by atoms with Gasteiger partial charge in [0.15, 0.2) is 5.16 Å². The highest BCUT2D eigenvalue weighted by molar-refractivity contribution is 7.99. The van der Waals surface area contributed by atoms with E-state index in [1.54, 1.807) is 6.20 Å². The number of imidazole rings is 1. The number of aromatic nitrogens is 2. The van der Waals surface area contributed by atoms with Crippen molar-refractivity contribution in [2.75, 3.05) is 25.4 Å². The number of nitrogens with zero attached hydrogens (tertiary/aromatic N) is 3. The van der Waals surface area contributed by atoms with E-state index in [0.717, 1.165) is 21.4 Å². The molecule has 1 saturated heterocycles. The standard InChI is InChI=1S/C17H20ClN3O2S/c1-12-10-20(8-9-23-12)16(22)11-24-17-19-6-7-21(17)15-5-3-4-14(18)13(15)2/h3-7,12H,8-11H2,1-2H3. The van der Waals surface area contributed by atoms with E-state index in [4.69, 9.17) is 16.3 Å². The molecular formula is C17H20ClN3O2S. The minimum Gasteiger partial charge on any atom is -0.375 e. The Hall–Kier alpha value is -1.50. The molecule has 2 heterocycles. The van der Waals surface area contributed by atoms with E-state index in [0.29, 0.717) is 25.4 Å². The minimum atomic E-state index is 0.101. The maximum atomic E-state index is 12.4. The van der Waals surface area contributed by atoms with E-state index in [-0.39, 0.29) is 12.0 Å². The van der Waals surface area contributed by atoms with E-state index in [2.05, 4.69) is 4.98 Å². The van der Waals surface area contributed by atoms with Gasteiger partial charge in [-0.05, 0) is 31.5 Å². The highest BCUT2D eigenvalue weighted by Gasteiger charge is 2.22. The summed E-state index contributed by atoms with van der Waals surface area (Å²) in [6, 6.07) is 5.78. The molecule has 1 aliphatic heterocycles. The predicted molar refractivity (Wildman–Crippen MR) is 96.0 cm³/mol. The van der Waals surface area contributed by atoms with Crippen LogP contribution in [0.4, 0.5) is 0 Å². The average Bonchev–Trinajstić information content (AvgIpc) is 3.03. The second-order valence-electron chi connectivity index (χ2n) is 5.77. The Kier molecular flexibility index (Phi) is 5.48. The maximum Gasteiger partial charge on any atom is 0.233 e. The fourth-order valence-electron chi connectivity index (χ4n) is 2.70. The van der Waals surface area contributed by atoms with Crippen LogP contribution in [-0.2, 0) is 9.53 Å². The van der Waals surface area contributed by atoms with Gasteiger partial charge in [0.1, 0.15) is 0 Å². The fourth-order valence-corrected chi connectivity index (χ4v) is 3.74. The molecule has 1 aliphatic rings. The van der Waals surface area contributed by atoms with Crippen LogP contribution in [0.2, 0.25) is 5.02 Å². The second kappa shape index (κ2) is 7.59. The molecule has 0 saturated carbocycles. The zero-order valence-corrected chi connectivity index (χ0v) is 15.3. The summed E-state index contributed by atoms with van der Waals surface area (Å²) in [5.74, 6) is 0.483. The highest BCUT2D eigenvalue weighted by atomic mass is 35.5. The molecular weight excluding hydrogens is 346 g/mol. The van der Waals surface area contributed by atoms with E-state index in [9.17, 15) is 4.79 Å². The molecule has 1 unspecified atom stereocenters. The minimum absolute atomic E-state index is 0.101. The molecule has 1 fully saturated rings. The first-order chi connectivity index (χ1) is 11.6. The first-order valence-corrected chi connectivity index (χ1v) is 9.23. The lowest BCUT2D eigenvalue weighted by Crippen LogP contribution is -2.45. The molecule has 128 valence electrons. The van der Waals surface area contributed by atoms with Crippen molar-refractivity contribution in [3.8, 4) is 5.69 Å². The number of benzene rings is 1. The summed E-state index contributed by atoms with van der Waals surface area (Å²) in [6.07, 6.45) is 3.73. The molecule has 1 amide bonds. The maximum absolute atomic E-state index is 12.4. The summed E-state index contributed by atoms with van der Waals surface area (Å²) in [4.78, 5) is 18.6. The third-order valence-corrected chi connectivity index (χ3v) is 5.39. The van der Waals surface area contributed by atoms with Gasteiger partial charge in [0, 0.05) is 30.5 Å². The van der Waals surface area contributed by atoms with Crippen LogP contribution < -0.4 is 0 Å². The number of hydrogen-bond acceptors (Lipinski definition) is 4. The molecule has 1 atom stereocenters. The summed E-state index contributed by atoms with van der Waals surface area (Å²) in [6.45, 7) is 5.88. The van der Waals surface area contributed by atoms with Gasteiger partial charge in [0.25, 0.3) is 0 Å². The van der Waals surface area contributed by atoms with Crippen LogP contribution in [0.1, 0.15) is 12.5 Å². The number of carbonyl (C=O) groups is 1. The van der Waals surface area contributed by atoms with Crippen molar-refractivity contribution in [3.63, 3.8) is 0 Å². The normalized spacial score (nSPS) is 18.0. The van der Waals surface area contributed by atoms with E-state index >= 15 is 0 Å². The van der Waals surface area contributed by atoms with Gasteiger partial charge in [-0.1, -0.05) is 29.4 Å². The van der Waals surface area contributed by atoms with Crippen LogP contribution in [0.15, 0.2) is 35.7 Å². The topological polar surface area (TPSA) is 47.4 Å².